The molecule has 0 aromatic carbocycles. The van der Waals surface area contributed by atoms with Gasteiger partial charge in [0.2, 0.25) is 0 Å². The highest BCUT2D eigenvalue weighted by Gasteiger charge is 2.51. The molecule has 0 rings (SSSR count). The van der Waals surface area contributed by atoms with Gasteiger partial charge in [0.15, 0.2) is 5.41 Å². The molecule has 5 nitrogen and oxygen atoms in total. The summed E-state index contributed by atoms with van der Waals surface area (Å²) < 4.78 is 10.1. The SMILES string of the molecule is CCOC(=O)C(CC)(CC(C)(O)C(C)C)C(=O)OCC. The van der Waals surface area contributed by atoms with Crippen molar-refractivity contribution in [1.82, 2.24) is 0 Å². The Morgan fingerprint density at radius 1 is 1.05 bits per heavy atom. The Bertz CT molecular complexity index is 315. The number of rotatable bonds is 8. The van der Waals surface area contributed by atoms with Gasteiger partial charge in [0.05, 0.1) is 18.8 Å². The molecular weight excluding hydrogens is 260 g/mol. The summed E-state index contributed by atoms with van der Waals surface area (Å²) in [4.78, 5) is 24.6. The second kappa shape index (κ2) is 7.62. The minimum atomic E-state index is -1.44. The Labute approximate surface area is 121 Å². The molecule has 118 valence electrons. The maximum absolute atomic E-state index is 12.3. The van der Waals surface area contributed by atoms with Gasteiger partial charge in [0.1, 0.15) is 0 Å². The molecule has 0 aromatic heterocycles. The molecule has 0 aliphatic carbocycles. The van der Waals surface area contributed by atoms with Gasteiger partial charge in [0.25, 0.3) is 0 Å². The van der Waals surface area contributed by atoms with Crippen molar-refractivity contribution in [2.75, 3.05) is 13.2 Å². The Kier molecular flexibility index (Phi) is 7.20. The van der Waals surface area contributed by atoms with E-state index in [-0.39, 0.29) is 32.0 Å². The zero-order valence-corrected chi connectivity index (χ0v) is 13.5. The average molecular weight is 288 g/mol. The molecule has 0 fully saturated rings. The van der Waals surface area contributed by atoms with Crippen LogP contribution in [0.5, 0.6) is 0 Å². The van der Waals surface area contributed by atoms with Gasteiger partial charge in [-0.2, -0.15) is 0 Å². The minimum absolute atomic E-state index is 0.00810. The first-order valence-electron chi connectivity index (χ1n) is 7.24. The van der Waals surface area contributed by atoms with Crippen molar-refractivity contribution in [3.63, 3.8) is 0 Å². The maximum atomic E-state index is 12.3. The summed E-state index contributed by atoms with van der Waals surface area (Å²) in [6.07, 6.45) is 0.222. The van der Waals surface area contributed by atoms with Crippen LogP contribution in [0.15, 0.2) is 0 Å². The Hall–Kier alpha value is -1.10. The molecule has 0 saturated carbocycles. The predicted octanol–water partition coefficient (Wildman–Crippen LogP) is 2.31. The summed E-state index contributed by atoms with van der Waals surface area (Å²) in [7, 11) is 0. The highest BCUT2D eigenvalue weighted by Crippen LogP contribution is 2.38. The third kappa shape index (κ3) is 4.20. The Morgan fingerprint density at radius 3 is 1.70 bits per heavy atom. The molecule has 1 N–H and O–H groups in total. The number of ether oxygens (including phenoxy) is 2. The van der Waals surface area contributed by atoms with E-state index in [9.17, 15) is 14.7 Å². The molecule has 1 atom stereocenters. The summed E-state index contributed by atoms with van der Waals surface area (Å²) in [6.45, 7) is 10.8. The van der Waals surface area contributed by atoms with E-state index < -0.39 is 23.0 Å². The van der Waals surface area contributed by atoms with Crippen molar-refractivity contribution in [3.8, 4) is 0 Å². The zero-order valence-electron chi connectivity index (χ0n) is 13.5. The van der Waals surface area contributed by atoms with Gasteiger partial charge < -0.3 is 14.6 Å². The first kappa shape index (κ1) is 18.9. The molecule has 0 aromatic rings. The summed E-state index contributed by atoms with van der Waals surface area (Å²) >= 11 is 0. The van der Waals surface area contributed by atoms with Gasteiger partial charge in [0, 0.05) is 6.42 Å². The summed E-state index contributed by atoms with van der Waals surface area (Å²) in [5.74, 6) is -1.35. The van der Waals surface area contributed by atoms with E-state index in [2.05, 4.69) is 0 Å². The lowest BCUT2D eigenvalue weighted by molar-refractivity contribution is -0.178. The summed E-state index contributed by atoms with van der Waals surface area (Å²) in [5, 5.41) is 10.5. The Balaban J connectivity index is 5.53. The van der Waals surface area contributed by atoms with E-state index in [1.54, 1.807) is 27.7 Å². The molecule has 0 heterocycles. The number of aliphatic hydroxyl groups is 1. The number of hydrogen-bond acceptors (Lipinski definition) is 5. The van der Waals surface area contributed by atoms with Crippen LogP contribution in [0.1, 0.15) is 54.4 Å². The van der Waals surface area contributed by atoms with Crippen molar-refractivity contribution >= 4 is 11.9 Å². The highest BCUT2D eigenvalue weighted by molar-refractivity contribution is 6.00. The summed E-state index contributed by atoms with van der Waals surface area (Å²) in [6, 6.07) is 0. The van der Waals surface area contributed by atoms with Crippen molar-refractivity contribution < 1.29 is 24.2 Å². The normalized spacial score (nSPS) is 14.8. The number of carbonyl (C=O) groups is 2. The molecule has 0 aliphatic rings. The molecule has 0 amide bonds. The van der Waals surface area contributed by atoms with Gasteiger partial charge in [-0.3, -0.25) is 9.59 Å². The molecule has 1 unspecified atom stereocenters. The third-order valence-electron chi connectivity index (χ3n) is 3.84. The summed E-state index contributed by atoms with van der Waals surface area (Å²) in [5.41, 5.74) is -2.60. The quantitative estimate of drug-likeness (QED) is 0.548. The van der Waals surface area contributed by atoms with Crippen LogP contribution in [-0.2, 0) is 19.1 Å². The van der Waals surface area contributed by atoms with Crippen molar-refractivity contribution in [1.29, 1.82) is 0 Å². The predicted molar refractivity (Wildman–Crippen MR) is 76.1 cm³/mol. The fourth-order valence-corrected chi connectivity index (χ4v) is 1.99. The third-order valence-corrected chi connectivity index (χ3v) is 3.84. The molecule has 0 saturated heterocycles. The lowest BCUT2D eigenvalue weighted by Gasteiger charge is -2.37. The number of esters is 2. The van der Waals surface area contributed by atoms with Crippen LogP contribution < -0.4 is 0 Å². The second-order valence-corrected chi connectivity index (χ2v) is 5.57. The molecule has 0 aliphatic heterocycles. The zero-order chi connectivity index (χ0) is 16.0. The standard InChI is InChI=1S/C15H28O5/c1-7-15(12(16)19-8-2,13(17)20-9-3)10-14(6,18)11(4)5/h11,18H,7-10H2,1-6H3. The Morgan fingerprint density at radius 2 is 1.45 bits per heavy atom. The van der Waals surface area contributed by atoms with Crippen LogP contribution in [0.4, 0.5) is 0 Å². The van der Waals surface area contributed by atoms with E-state index in [0.29, 0.717) is 0 Å². The van der Waals surface area contributed by atoms with Crippen molar-refractivity contribution in [2.24, 2.45) is 11.3 Å². The van der Waals surface area contributed by atoms with Gasteiger partial charge in [-0.05, 0) is 33.1 Å². The second-order valence-electron chi connectivity index (χ2n) is 5.57. The number of carbonyl (C=O) groups excluding carboxylic acids is 2. The largest absolute Gasteiger partial charge is 0.465 e. The van der Waals surface area contributed by atoms with Crippen LogP contribution >= 0.6 is 0 Å². The van der Waals surface area contributed by atoms with E-state index >= 15 is 0 Å². The van der Waals surface area contributed by atoms with Crippen molar-refractivity contribution in [3.05, 3.63) is 0 Å². The molecule has 0 bridgehead atoms. The fraction of sp³-hybridized carbons (Fsp3) is 0.867. The highest BCUT2D eigenvalue weighted by atomic mass is 16.6. The van der Waals surface area contributed by atoms with Gasteiger partial charge in [-0.1, -0.05) is 20.8 Å². The minimum Gasteiger partial charge on any atom is -0.465 e. The topological polar surface area (TPSA) is 72.8 Å². The molecule has 0 spiro atoms. The smallest absolute Gasteiger partial charge is 0.323 e. The lowest BCUT2D eigenvalue weighted by Crippen LogP contribution is -2.48. The monoisotopic (exact) mass is 288 g/mol. The van der Waals surface area contributed by atoms with Crippen LogP contribution in [-0.4, -0.2) is 35.9 Å². The molecular formula is C15H28O5. The first-order chi connectivity index (χ1) is 9.17. The van der Waals surface area contributed by atoms with E-state index in [0.717, 1.165) is 0 Å². The maximum Gasteiger partial charge on any atom is 0.323 e. The first-order valence-corrected chi connectivity index (χ1v) is 7.24. The van der Waals surface area contributed by atoms with Crippen LogP contribution in [0.25, 0.3) is 0 Å². The van der Waals surface area contributed by atoms with Gasteiger partial charge in [-0.25, -0.2) is 0 Å². The molecule has 20 heavy (non-hydrogen) atoms. The number of hydrogen-bond donors (Lipinski definition) is 1. The van der Waals surface area contributed by atoms with Crippen LogP contribution in [0.2, 0.25) is 0 Å². The van der Waals surface area contributed by atoms with E-state index in [1.807, 2.05) is 13.8 Å². The van der Waals surface area contributed by atoms with Crippen LogP contribution in [0.3, 0.4) is 0 Å². The fourth-order valence-electron chi connectivity index (χ4n) is 1.99. The lowest BCUT2D eigenvalue weighted by atomic mass is 9.72. The molecule has 0 radical (unpaired) electrons. The average Bonchev–Trinajstić information content (AvgIpc) is 2.36. The van der Waals surface area contributed by atoms with E-state index in [1.165, 1.54) is 0 Å². The van der Waals surface area contributed by atoms with Gasteiger partial charge in [-0.15, -0.1) is 0 Å². The molecule has 5 heteroatoms. The van der Waals surface area contributed by atoms with Crippen molar-refractivity contribution in [2.45, 2.75) is 60.0 Å². The van der Waals surface area contributed by atoms with Gasteiger partial charge >= 0.3 is 11.9 Å². The van der Waals surface area contributed by atoms with E-state index in [4.69, 9.17) is 9.47 Å². The van der Waals surface area contributed by atoms with Crippen LogP contribution in [0, 0.1) is 11.3 Å².